The maximum absolute atomic E-state index is 10.7. The normalized spacial score (nSPS) is 16.4. The van der Waals surface area contributed by atoms with E-state index in [0.29, 0.717) is 12.3 Å². The summed E-state index contributed by atoms with van der Waals surface area (Å²) in [6, 6.07) is 21.7. The van der Waals surface area contributed by atoms with Gasteiger partial charge in [-0.3, -0.25) is 14.9 Å². The highest BCUT2D eigenvalue weighted by atomic mass is 32.2. The zero-order chi connectivity index (χ0) is 22.5. The molecular formula is C25H28N6OS. The van der Waals surface area contributed by atoms with Crippen LogP contribution < -0.4 is 0 Å². The summed E-state index contributed by atoms with van der Waals surface area (Å²) in [5.74, 6) is 0.591. The average molecular weight is 461 g/mol. The number of piperazine rings is 1. The van der Waals surface area contributed by atoms with Gasteiger partial charge < -0.3 is 5.11 Å². The molecule has 1 aliphatic rings. The second-order valence-corrected chi connectivity index (χ2v) is 9.35. The number of fused-ring (bicyclic) bond motifs is 1. The molecule has 1 aliphatic heterocycles. The van der Waals surface area contributed by atoms with Crippen LogP contribution in [0.15, 0.2) is 78.2 Å². The summed E-state index contributed by atoms with van der Waals surface area (Å²) in [5.41, 5.74) is 3.37. The van der Waals surface area contributed by atoms with Crippen LogP contribution in [0.25, 0.3) is 11.0 Å². The average Bonchev–Trinajstić information content (AvgIpc) is 3.35. The van der Waals surface area contributed by atoms with Crippen LogP contribution in [0.2, 0.25) is 0 Å². The predicted octanol–water partition coefficient (Wildman–Crippen LogP) is 3.21. The van der Waals surface area contributed by atoms with Crippen LogP contribution in [0.1, 0.15) is 17.2 Å². The zero-order valence-corrected chi connectivity index (χ0v) is 19.2. The molecule has 0 spiro atoms. The molecule has 33 heavy (non-hydrogen) atoms. The number of aliphatic hydroxyl groups excluding tert-OH is 1. The van der Waals surface area contributed by atoms with Gasteiger partial charge in [0, 0.05) is 38.5 Å². The molecule has 5 rings (SSSR count). The zero-order valence-electron chi connectivity index (χ0n) is 18.4. The largest absolute Gasteiger partial charge is 0.391 e. The highest BCUT2D eigenvalue weighted by Gasteiger charge is 2.27. The number of nitrogens with zero attached hydrogens (tertiary/aromatic N) is 5. The van der Waals surface area contributed by atoms with E-state index in [4.69, 9.17) is 0 Å². The van der Waals surface area contributed by atoms with E-state index in [1.807, 2.05) is 0 Å². The Morgan fingerprint density at radius 1 is 0.909 bits per heavy atom. The lowest BCUT2D eigenvalue weighted by molar-refractivity contribution is 0.0708. The molecule has 1 atom stereocenters. The highest BCUT2D eigenvalue weighted by molar-refractivity contribution is 7.99. The second-order valence-electron chi connectivity index (χ2n) is 8.34. The Morgan fingerprint density at radius 2 is 1.58 bits per heavy atom. The van der Waals surface area contributed by atoms with Crippen LogP contribution in [-0.2, 0) is 0 Å². The van der Waals surface area contributed by atoms with E-state index in [2.05, 4.69) is 90.6 Å². The molecule has 170 valence electrons. The fraction of sp³-hybridized carbons (Fsp3) is 0.320. The highest BCUT2D eigenvalue weighted by Crippen LogP contribution is 2.29. The van der Waals surface area contributed by atoms with Gasteiger partial charge in [0.2, 0.25) is 0 Å². The van der Waals surface area contributed by atoms with Gasteiger partial charge in [0.05, 0.1) is 23.7 Å². The van der Waals surface area contributed by atoms with E-state index in [1.165, 1.54) is 17.5 Å². The first-order chi connectivity index (χ1) is 16.3. The van der Waals surface area contributed by atoms with Gasteiger partial charge in [-0.2, -0.15) is 5.10 Å². The Morgan fingerprint density at radius 3 is 2.24 bits per heavy atom. The Labute approximate surface area is 197 Å². The number of aliphatic hydroxyl groups is 1. The number of thioether (sulfide) groups is 1. The Bertz CT molecular complexity index is 1110. The van der Waals surface area contributed by atoms with Crippen LogP contribution in [0.5, 0.6) is 0 Å². The predicted molar refractivity (Wildman–Crippen MR) is 131 cm³/mol. The molecule has 0 radical (unpaired) electrons. The lowest BCUT2D eigenvalue weighted by Gasteiger charge is -2.40. The minimum atomic E-state index is -0.419. The lowest BCUT2D eigenvalue weighted by Crippen LogP contribution is -2.49. The monoisotopic (exact) mass is 460 g/mol. The maximum Gasteiger partial charge on any atom is 0.159 e. The van der Waals surface area contributed by atoms with Crippen molar-refractivity contribution in [3.8, 4) is 0 Å². The van der Waals surface area contributed by atoms with Crippen molar-refractivity contribution in [3.63, 3.8) is 0 Å². The Kier molecular flexibility index (Phi) is 6.97. The van der Waals surface area contributed by atoms with Crippen molar-refractivity contribution in [3.05, 3.63) is 84.3 Å². The molecular weight excluding hydrogens is 432 g/mol. The molecule has 0 amide bonds. The summed E-state index contributed by atoms with van der Waals surface area (Å²) in [7, 11) is 0. The first kappa shape index (κ1) is 22.0. The SMILES string of the molecule is OC(CSc1ncnc2[nH]ncc12)CN1CCN(C(c2ccccc2)c2ccccc2)CC1. The van der Waals surface area contributed by atoms with E-state index in [-0.39, 0.29) is 6.04 Å². The quantitative estimate of drug-likeness (QED) is 0.309. The number of benzene rings is 2. The third-order valence-electron chi connectivity index (χ3n) is 6.10. The third kappa shape index (κ3) is 5.25. The summed E-state index contributed by atoms with van der Waals surface area (Å²) in [4.78, 5) is 13.4. The molecule has 8 heteroatoms. The first-order valence-corrected chi connectivity index (χ1v) is 12.3. The second kappa shape index (κ2) is 10.4. The van der Waals surface area contributed by atoms with Crippen molar-refractivity contribution in [1.29, 1.82) is 0 Å². The van der Waals surface area contributed by atoms with Crippen LogP contribution in [-0.4, -0.2) is 79.7 Å². The molecule has 2 aromatic carbocycles. The molecule has 0 bridgehead atoms. The molecule has 1 fully saturated rings. The summed E-state index contributed by atoms with van der Waals surface area (Å²) >= 11 is 1.55. The van der Waals surface area contributed by atoms with E-state index in [1.54, 1.807) is 18.0 Å². The summed E-state index contributed by atoms with van der Waals surface area (Å²) < 4.78 is 0. The molecule has 1 saturated heterocycles. The number of aromatic amines is 1. The van der Waals surface area contributed by atoms with Gasteiger partial charge in [0.25, 0.3) is 0 Å². The van der Waals surface area contributed by atoms with Crippen LogP contribution in [0, 0.1) is 0 Å². The summed E-state index contributed by atoms with van der Waals surface area (Å²) in [6.07, 6.45) is 2.85. The molecule has 0 saturated carbocycles. The van der Waals surface area contributed by atoms with Gasteiger partial charge in [-0.05, 0) is 11.1 Å². The van der Waals surface area contributed by atoms with Crippen molar-refractivity contribution in [2.24, 2.45) is 0 Å². The van der Waals surface area contributed by atoms with Crippen LogP contribution in [0.4, 0.5) is 0 Å². The van der Waals surface area contributed by atoms with Crippen molar-refractivity contribution < 1.29 is 5.11 Å². The van der Waals surface area contributed by atoms with E-state index < -0.39 is 6.10 Å². The number of β-amino-alcohol motifs (C(OH)–C–C–N with tert-alkyl or cyclic N) is 1. The molecule has 7 nitrogen and oxygen atoms in total. The molecule has 1 unspecified atom stereocenters. The molecule has 2 N–H and O–H groups in total. The minimum absolute atomic E-state index is 0.255. The fourth-order valence-corrected chi connectivity index (χ4v) is 5.35. The van der Waals surface area contributed by atoms with Gasteiger partial charge >= 0.3 is 0 Å². The minimum Gasteiger partial charge on any atom is -0.391 e. The van der Waals surface area contributed by atoms with Gasteiger partial charge in [-0.1, -0.05) is 60.7 Å². The van der Waals surface area contributed by atoms with Crippen molar-refractivity contribution in [2.45, 2.75) is 17.2 Å². The topological polar surface area (TPSA) is 81.2 Å². The van der Waals surface area contributed by atoms with Crippen molar-refractivity contribution in [2.75, 3.05) is 38.5 Å². The van der Waals surface area contributed by atoms with E-state index >= 15 is 0 Å². The molecule has 0 aliphatic carbocycles. The van der Waals surface area contributed by atoms with Gasteiger partial charge in [-0.25, -0.2) is 9.97 Å². The fourth-order valence-electron chi connectivity index (χ4n) is 4.47. The third-order valence-corrected chi connectivity index (χ3v) is 7.25. The van der Waals surface area contributed by atoms with Crippen LogP contribution >= 0.6 is 11.8 Å². The summed E-state index contributed by atoms with van der Waals surface area (Å²) in [6.45, 7) is 4.49. The number of aromatic nitrogens is 4. The van der Waals surface area contributed by atoms with E-state index in [9.17, 15) is 5.11 Å². The number of hydrogen-bond acceptors (Lipinski definition) is 7. The van der Waals surface area contributed by atoms with Gasteiger partial charge in [0.1, 0.15) is 11.4 Å². The number of rotatable bonds is 8. The number of hydrogen-bond donors (Lipinski definition) is 2. The first-order valence-electron chi connectivity index (χ1n) is 11.3. The maximum atomic E-state index is 10.7. The van der Waals surface area contributed by atoms with Gasteiger partial charge in [0.15, 0.2) is 5.65 Å². The molecule has 3 heterocycles. The lowest BCUT2D eigenvalue weighted by atomic mass is 9.96. The molecule has 2 aromatic heterocycles. The Hall–Kier alpha value is -2.78. The number of H-pyrrole nitrogens is 1. The summed E-state index contributed by atoms with van der Waals surface area (Å²) in [5, 5.41) is 19.3. The van der Waals surface area contributed by atoms with Crippen molar-refractivity contribution in [1.82, 2.24) is 30.0 Å². The molecule has 4 aromatic rings. The van der Waals surface area contributed by atoms with Crippen molar-refractivity contribution >= 4 is 22.8 Å². The van der Waals surface area contributed by atoms with Crippen LogP contribution in [0.3, 0.4) is 0 Å². The number of nitrogens with one attached hydrogen (secondary N) is 1. The standard InChI is InChI=1S/C25H28N6OS/c32-21(17-33-25-22-15-28-29-24(22)26-18-27-25)16-30-11-13-31(14-12-30)23(19-7-3-1-4-8-19)20-9-5-2-6-10-20/h1-10,15,18,21,23,32H,11-14,16-17H2,(H,26,27,28,29). The van der Waals surface area contributed by atoms with E-state index in [0.717, 1.165) is 42.2 Å². The van der Waals surface area contributed by atoms with Gasteiger partial charge in [-0.15, -0.1) is 11.8 Å². The smallest absolute Gasteiger partial charge is 0.159 e. The Balaban J connectivity index is 1.17.